The van der Waals surface area contributed by atoms with E-state index in [0.29, 0.717) is 19.5 Å². The zero-order chi connectivity index (χ0) is 23.4. The lowest BCUT2D eigenvalue weighted by Crippen LogP contribution is -2.48. The van der Waals surface area contributed by atoms with Crippen molar-refractivity contribution < 1.29 is 13.2 Å². The van der Waals surface area contributed by atoms with E-state index in [4.69, 9.17) is 0 Å². The molecular weight excluding hydrogens is 436 g/mol. The third-order valence-corrected chi connectivity index (χ3v) is 8.57. The summed E-state index contributed by atoms with van der Waals surface area (Å²) in [5.41, 5.74) is 4.84. The number of amides is 1. The maximum Gasteiger partial charge on any atom is 0.227 e. The molecule has 2 aliphatic rings. The number of likely N-dealkylation sites (N-methyl/N-ethyl adjacent to an activating group) is 1. The van der Waals surface area contributed by atoms with Crippen molar-refractivity contribution in [2.45, 2.75) is 26.3 Å². The second-order valence-corrected chi connectivity index (χ2v) is 11.1. The van der Waals surface area contributed by atoms with Crippen LogP contribution in [0.5, 0.6) is 0 Å². The lowest BCUT2D eigenvalue weighted by Gasteiger charge is -2.36. The normalized spacial score (nSPS) is 17.3. The maximum absolute atomic E-state index is 12.9. The quantitative estimate of drug-likeness (QED) is 0.621. The van der Waals surface area contributed by atoms with Gasteiger partial charge in [-0.1, -0.05) is 36.4 Å². The van der Waals surface area contributed by atoms with E-state index in [2.05, 4.69) is 23.1 Å². The number of carbonyl (C=O) groups is 1. The molecule has 178 valence electrons. The highest BCUT2D eigenvalue weighted by Crippen LogP contribution is 2.26. The molecule has 0 aliphatic carbocycles. The van der Waals surface area contributed by atoms with Crippen molar-refractivity contribution in [1.29, 1.82) is 0 Å². The van der Waals surface area contributed by atoms with Gasteiger partial charge in [0.2, 0.25) is 15.9 Å². The Labute approximate surface area is 197 Å². The Morgan fingerprint density at radius 3 is 2.39 bits per heavy atom. The van der Waals surface area contributed by atoms with Gasteiger partial charge in [-0.05, 0) is 41.7 Å². The molecule has 0 bridgehead atoms. The predicted octanol–water partition coefficient (Wildman–Crippen LogP) is 2.18. The number of piperazine rings is 1. The molecule has 1 saturated heterocycles. The minimum absolute atomic E-state index is 0.0481. The topological polar surface area (TPSA) is 64.2 Å². The molecule has 0 aromatic heterocycles. The number of hydrogen-bond donors (Lipinski definition) is 0. The molecule has 0 unspecified atom stereocenters. The standard InChI is InChI=1S/C25H34N4O3S/c1-21(30)28-14-16-29(17-15-28)25-9-8-24-19-27(13-11-23(24)18-25)20-33(31,32)26(2)12-10-22-6-4-3-5-7-22/h3-9,18H,10-17,19-20H2,1-2H3. The summed E-state index contributed by atoms with van der Waals surface area (Å²) >= 11 is 0. The lowest BCUT2D eigenvalue weighted by molar-refractivity contribution is -0.129. The van der Waals surface area contributed by atoms with E-state index in [-0.39, 0.29) is 11.8 Å². The average Bonchev–Trinajstić information content (AvgIpc) is 2.82. The van der Waals surface area contributed by atoms with Gasteiger partial charge >= 0.3 is 0 Å². The van der Waals surface area contributed by atoms with Gasteiger partial charge in [-0.15, -0.1) is 0 Å². The fourth-order valence-electron chi connectivity index (χ4n) is 4.58. The third kappa shape index (κ3) is 5.93. The van der Waals surface area contributed by atoms with Crippen LogP contribution in [0.15, 0.2) is 48.5 Å². The molecule has 0 radical (unpaired) electrons. The highest BCUT2D eigenvalue weighted by molar-refractivity contribution is 7.89. The summed E-state index contributed by atoms with van der Waals surface area (Å²) in [7, 11) is -1.68. The van der Waals surface area contributed by atoms with Gasteiger partial charge in [0.15, 0.2) is 0 Å². The molecule has 0 atom stereocenters. The van der Waals surface area contributed by atoms with Crippen LogP contribution >= 0.6 is 0 Å². The smallest absolute Gasteiger partial charge is 0.227 e. The number of nitrogens with zero attached hydrogens (tertiary/aromatic N) is 4. The molecule has 2 aromatic carbocycles. The Balaban J connectivity index is 1.32. The third-order valence-electron chi connectivity index (χ3n) is 6.75. The molecule has 33 heavy (non-hydrogen) atoms. The van der Waals surface area contributed by atoms with Crippen LogP contribution in [-0.2, 0) is 34.2 Å². The second-order valence-electron chi connectivity index (χ2n) is 9.05. The van der Waals surface area contributed by atoms with Crippen LogP contribution in [0, 0.1) is 0 Å². The fourth-order valence-corrected chi connectivity index (χ4v) is 5.83. The molecular formula is C25H34N4O3S. The van der Waals surface area contributed by atoms with Crippen molar-refractivity contribution in [3.05, 3.63) is 65.2 Å². The summed E-state index contributed by atoms with van der Waals surface area (Å²) in [4.78, 5) is 17.8. The van der Waals surface area contributed by atoms with E-state index in [1.807, 2.05) is 40.1 Å². The van der Waals surface area contributed by atoms with Crippen molar-refractivity contribution in [3.8, 4) is 0 Å². The van der Waals surface area contributed by atoms with E-state index >= 15 is 0 Å². The molecule has 0 saturated carbocycles. The van der Waals surface area contributed by atoms with Gasteiger partial charge in [0, 0.05) is 65.5 Å². The van der Waals surface area contributed by atoms with E-state index in [1.54, 1.807) is 14.0 Å². The summed E-state index contributed by atoms with van der Waals surface area (Å²) in [6.07, 6.45) is 1.56. The largest absolute Gasteiger partial charge is 0.368 e. The minimum atomic E-state index is -3.35. The Morgan fingerprint density at radius 1 is 0.970 bits per heavy atom. The molecule has 4 rings (SSSR count). The van der Waals surface area contributed by atoms with Crippen LogP contribution in [0.4, 0.5) is 5.69 Å². The summed E-state index contributed by atoms with van der Waals surface area (Å²) < 4.78 is 27.3. The zero-order valence-corrected chi connectivity index (χ0v) is 20.4. The fraction of sp³-hybridized carbons (Fsp3) is 0.480. The van der Waals surface area contributed by atoms with E-state index in [0.717, 1.165) is 44.7 Å². The summed E-state index contributed by atoms with van der Waals surface area (Å²) in [5.74, 6) is 0.188. The number of sulfonamides is 1. The Morgan fingerprint density at radius 2 is 1.70 bits per heavy atom. The van der Waals surface area contributed by atoms with Crippen molar-refractivity contribution in [3.63, 3.8) is 0 Å². The van der Waals surface area contributed by atoms with Gasteiger partial charge in [-0.2, -0.15) is 0 Å². The number of hydrogen-bond acceptors (Lipinski definition) is 5. The molecule has 0 N–H and O–H groups in total. The van der Waals surface area contributed by atoms with Crippen molar-refractivity contribution in [2.75, 3.05) is 57.1 Å². The minimum Gasteiger partial charge on any atom is -0.368 e. The first-order valence-corrected chi connectivity index (χ1v) is 13.3. The number of anilines is 1. The van der Waals surface area contributed by atoms with Crippen LogP contribution in [0.2, 0.25) is 0 Å². The SMILES string of the molecule is CC(=O)N1CCN(c2ccc3c(c2)CCN(CS(=O)(=O)N(C)CCc2ccccc2)C3)CC1. The molecule has 2 heterocycles. The first kappa shape index (κ1) is 23.7. The van der Waals surface area contributed by atoms with E-state index < -0.39 is 10.0 Å². The predicted molar refractivity (Wildman–Crippen MR) is 132 cm³/mol. The van der Waals surface area contributed by atoms with Gasteiger partial charge in [-0.3, -0.25) is 9.69 Å². The Bertz CT molecular complexity index is 1070. The lowest BCUT2D eigenvalue weighted by atomic mass is 9.99. The monoisotopic (exact) mass is 470 g/mol. The van der Waals surface area contributed by atoms with E-state index in [9.17, 15) is 13.2 Å². The molecule has 1 fully saturated rings. The molecule has 1 amide bonds. The zero-order valence-electron chi connectivity index (χ0n) is 19.6. The number of carbonyl (C=O) groups excluding carboxylic acids is 1. The van der Waals surface area contributed by atoms with Gasteiger partial charge in [0.05, 0.1) is 0 Å². The van der Waals surface area contributed by atoms with Crippen LogP contribution < -0.4 is 4.90 Å². The Hall–Kier alpha value is -2.42. The summed E-state index contributed by atoms with van der Waals surface area (Å²) in [6, 6.07) is 16.5. The van der Waals surface area contributed by atoms with Gasteiger partial charge < -0.3 is 9.80 Å². The van der Waals surface area contributed by atoms with Gasteiger partial charge in [-0.25, -0.2) is 12.7 Å². The van der Waals surface area contributed by atoms with Crippen molar-refractivity contribution in [1.82, 2.24) is 14.1 Å². The Kier molecular flexibility index (Phi) is 7.36. The highest BCUT2D eigenvalue weighted by Gasteiger charge is 2.26. The van der Waals surface area contributed by atoms with Crippen LogP contribution in [0.1, 0.15) is 23.6 Å². The van der Waals surface area contributed by atoms with Gasteiger partial charge in [0.25, 0.3) is 0 Å². The molecule has 7 nitrogen and oxygen atoms in total. The average molecular weight is 471 g/mol. The number of rotatable bonds is 7. The number of benzene rings is 2. The van der Waals surface area contributed by atoms with Crippen molar-refractivity contribution >= 4 is 21.6 Å². The molecule has 8 heteroatoms. The second kappa shape index (κ2) is 10.2. The summed E-state index contributed by atoms with van der Waals surface area (Å²) in [5, 5.41) is 0. The van der Waals surface area contributed by atoms with Crippen LogP contribution in [0.3, 0.4) is 0 Å². The first-order chi connectivity index (χ1) is 15.8. The molecule has 2 aromatic rings. The van der Waals surface area contributed by atoms with Crippen LogP contribution in [0.25, 0.3) is 0 Å². The van der Waals surface area contributed by atoms with Gasteiger partial charge in [0.1, 0.15) is 5.88 Å². The maximum atomic E-state index is 12.9. The highest BCUT2D eigenvalue weighted by atomic mass is 32.2. The van der Waals surface area contributed by atoms with Crippen molar-refractivity contribution in [2.24, 2.45) is 0 Å². The molecule has 0 spiro atoms. The summed E-state index contributed by atoms with van der Waals surface area (Å²) in [6.45, 7) is 6.71. The van der Waals surface area contributed by atoms with Crippen LogP contribution in [-0.4, -0.2) is 80.6 Å². The molecule has 2 aliphatic heterocycles. The first-order valence-electron chi connectivity index (χ1n) is 11.6. The van der Waals surface area contributed by atoms with E-state index in [1.165, 1.54) is 21.1 Å². The number of fused-ring (bicyclic) bond motifs is 1.